The van der Waals surface area contributed by atoms with Crippen LogP contribution in [0.3, 0.4) is 0 Å². The molecule has 2 rings (SSSR count). The molecule has 2 aromatic carbocycles. The molecule has 2 aromatic rings. The van der Waals surface area contributed by atoms with Crippen molar-refractivity contribution < 1.29 is 5.11 Å². The summed E-state index contributed by atoms with van der Waals surface area (Å²) in [5.74, 6) is 0. The van der Waals surface area contributed by atoms with Crippen LogP contribution in [0.1, 0.15) is 17.2 Å². The largest absolute Gasteiger partial charge is 0.391 e. The van der Waals surface area contributed by atoms with Crippen molar-refractivity contribution in [1.29, 1.82) is 0 Å². The van der Waals surface area contributed by atoms with Gasteiger partial charge in [-0.3, -0.25) is 0 Å². The van der Waals surface area contributed by atoms with E-state index >= 15 is 0 Å². The molecule has 0 saturated heterocycles. The van der Waals surface area contributed by atoms with Crippen LogP contribution in [-0.2, 0) is 6.42 Å². The summed E-state index contributed by atoms with van der Waals surface area (Å²) in [5, 5.41) is 11.2. The molecule has 2 atom stereocenters. The minimum absolute atomic E-state index is 0.479. The second-order valence-electron chi connectivity index (χ2n) is 4.45. The fourth-order valence-electron chi connectivity index (χ4n) is 1.96. The SMILES string of the molecule is N[C@@H](c1ccc(Cl)cc1Cl)[C@H](O)Cc1ccccc1. The first-order valence-electron chi connectivity index (χ1n) is 6.00. The molecule has 0 fully saturated rings. The van der Waals surface area contributed by atoms with Crippen molar-refractivity contribution in [3.05, 3.63) is 69.7 Å². The molecular weight excluding hydrogens is 281 g/mol. The van der Waals surface area contributed by atoms with Gasteiger partial charge in [-0.2, -0.15) is 0 Å². The summed E-state index contributed by atoms with van der Waals surface area (Å²) in [7, 11) is 0. The van der Waals surface area contributed by atoms with Crippen LogP contribution in [0.25, 0.3) is 0 Å². The maximum absolute atomic E-state index is 10.2. The smallest absolute Gasteiger partial charge is 0.0773 e. The van der Waals surface area contributed by atoms with Gasteiger partial charge in [0.15, 0.2) is 0 Å². The molecule has 0 aliphatic heterocycles. The number of nitrogens with two attached hydrogens (primary N) is 1. The lowest BCUT2D eigenvalue weighted by atomic mass is 9.97. The lowest BCUT2D eigenvalue weighted by molar-refractivity contribution is 0.145. The molecule has 0 spiro atoms. The van der Waals surface area contributed by atoms with Crippen molar-refractivity contribution in [2.75, 3.05) is 0 Å². The predicted octanol–water partition coefficient (Wildman–Crippen LogP) is 3.60. The van der Waals surface area contributed by atoms with Crippen LogP contribution in [-0.4, -0.2) is 11.2 Å². The standard InChI is InChI=1S/C15H15Cl2NO/c16-11-6-7-12(13(17)9-11)15(18)14(19)8-10-4-2-1-3-5-10/h1-7,9,14-15,19H,8,18H2/t14-,15+/m1/s1. The van der Waals surface area contributed by atoms with Gasteiger partial charge in [0, 0.05) is 16.5 Å². The molecule has 0 unspecified atom stereocenters. The zero-order valence-electron chi connectivity index (χ0n) is 10.3. The van der Waals surface area contributed by atoms with E-state index in [2.05, 4.69) is 0 Å². The molecule has 100 valence electrons. The minimum Gasteiger partial charge on any atom is -0.391 e. The third-order valence-electron chi connectivity index (χ3n) is 3.02. The third kappa shape index (κ3) is 3.71. The van der Waals surface area contributed by atoms with Crippen LogP contribution in [0, 0.1) is 0 Å². The topological polar surface area (TPSA) is 46.2 Å². The van der Waals surface area contributed by atoms with E-state index in [1.165, 1.54) is 0 Å². The molecule has 0 radical (unpaired) electrons. The maximum atomic E-state index is 10.2. The van der Waals surface area contributed by atoms with E-state index in [1.54, 1.807) is 18.2 Å². The lowest BCUT2D eigenvalue weighted by Gasteiger charge is -2.20. The Bertz CT molecular complexity index is 545. The van der Waals surface area contributed by atoms with Crippen LogP contribution in [0.4, 0.5) is 0 Å². The molecule has 0 aliphatic rings. The Morgan fingerprint density at radius 2 is 1.74 bits per heavy atom. The van der Waals surface area contributed by atoms with Crippen molar-refractivity contribution in [3.8, 4) is 0 Å². The summed E-state index contributed by atoms with van der Waals surface area (Å²) in [6.45, 7) is 0. The van der Waals surface area contributed by atoms with Crippen LogP contribution in [0.2, 0.25) is 10.0 Å². The predicted molar refractivity (Wildman–Crippen MR) is 79.5 cm³/mol. The molecule has 2 nitrogen and oxygen atoms in total. The normalized spacial score (nSPS) is 14.1. The van der Waals surface area contributed by atoms with Gasteiger partial charge in [0.05, 0.1) is 12.1 Å². The number of hydrogen-bond acceptors (Lipinski definition) is 2. The summed E-state index contributed by atoms with van der Waals surface area (Å²) in [6.07, 6.45) is -0.206. The number of hydrogen-bond donors (Lipinski definition) is 2. The molecule has 3 N–H and O–H groups in total. The molecule has 0 bridgehead atoms. The summed E-state index contributed by atoms with van der Waals surface area (Å²) in [5.41, 5.74) is 7.80. The van der Waals surface area contributed by atoms with Crippen LogP contribution in [0.15, 0.2) is 48.5 Å². The van der Waals surface area contributed by atoms with Crippen LogP contribution < -0.4 is 5.73 Å². The van der Waals surface area contributed by atoms with Gasteiger partial charge in [-0.25, -0.2) is 0 Å². The van der Waals surface area contributed by atoms with Crippen molar-refractivity contribution in [3.63, 3.8) is 0 Å². The average Bonchev–Trinajstić information content (AvgIpc) is 2.39. The summed E-state index contributed by atoms with van der Waals surface area (Å²) >= 11 is 11.9. The molecular formula is C15H15Cl2NO. The third-order valence-corrected chi connectivity index (χ3v) is 3.59. The van der Waals surface area contributed by atoms with Gasteiger partial charge in [0.1, 0.15) is 0 Å². The quantitative estimate of drug-likeness (QED) is 0.905. The monoisotopic (exact) mass is 295 g/mol. The first kappa shape index (κ1) is 14.4. The Balaban J connectivity index is 2.12. The fraction of sp³-hybridized carbons (Fsp3) is 0.200. The van der Waals surface area contributed by atoms with E-state index in [0.717, 1.165) is 5.56 Å². The van der Waals surface area contributed by atoms with Crippen molar-refractivity contribution >= 4 is 23.2 Å². The highest BCUT2D eigenvalue weighted by atomic mass is 35.5. The Morgan fingerprint density at radius 3 is 2.37 bits per heavy atom. The first-order chi connectivity index (χ1) is 9.08. The van der Waals surface area contributed by atoms with E-state index in [1.807, 2.05) is 30.3 Å². The maximum Gasteiger partial charge on any atom is 0.0773 e. The zero-order valence-corrected chi connectivity index (χ0v) is 11.8. The molecule has 0 heterocycles. The fourth-order valence-corrected chi connectivity index (χ4v) is 2.50. The molecule has 0 saturated carbocycles. The summed E-state index contributed by atoms with van der Waals surface area (Å²) in [6, 6.07) is 14.3. The molecule has 0 aromatic heterocycles. The van der Waals surface area contributed by atoms with Gasteiger partial charge < -0.3 is 10.8 Å². The van der Waals surface area contributed by atoms with Crippen LogP contribution in [0.5, 0.6) is 0 Å². The number of benzene rings is 2. The number of aliphatic hydroxyl groups is 1. The minimum atomic E-state index is -0.693. The summed E-state index contributed by atoms with van der Waals surface area (Å²) < 4.78 is 0. The van der Waals surface area contributed by atoms with E-state index < -0.39 is 12.1 Å². The molecule has 19 heavy (non-hydrogen) atoms. The van der Waals surface area contributed by atoms with Gasteiger partial charge in [0.25, 0.3) is 0 Å². The number of rotatable bonds is 4. The Labute approximate surface area is 122 Å². The van der Waals surface area contributed by atoms with Gasteiger partial charge in [-0.05, 0) is 23.3 Å². The highest BCUT2D eigenvalue weighted by Gasteiger charge is 2.19. The Morgan fingerprint density at radius 1 is 1.05 bits per heavy atom. The zero-order chi connectivity index (χ0) is 13.8. The van der Waals surface area contributed by atoms with E-state index in [0.29, 0.717) is 22.0 Å². The van der Waals surface area contributed by atoms with E-state index in [-0.39, 0.29) is 0 Å². The Hall–Kier alpha value is -1.06. The van der Waals surface area contributed by atoms with Crippen molar-refractivity contribution in [2.24, 2.45) is 5.73 Å². The number of halogens is 2. The highest BCUT2D eigenvalue weighted by Crippen LogP contribution is 2.27. The second kappa shape index (κ2) is 6.40. The second-order valence-corrected chi connectivity index (χ2v) is 5.29. The average molecular weight is 296 g/mol. The van der Waals surface area contributed by atoms with E-state index in [4.69, 9.17) is 28.9 Å². The highest BCUT2D eigenvalue weighted by molar-refractivity contribution is 6.35. The van der Waals surface area contributed by atoms with Crippen molar-refractivity contribution in [2.45, 2.75) is 18.6 Å². The molecule has 0 amide bonds. The van der Waals surface area contributed by atoms with E-state index in [9.17, 15) is 5.11 Å². The first-order valence-corrected chi connectivity index (χ1v) is 6.76. The molecule has 0 aliphatic carbocycles. The van der Waals surface area contributed by atoms with Gasteiger partial charge in [-0.1, -0.05) is 59.6 Å². The number of aliphatic hydroxyl groups excluding tert-OH is 1. The van der Waals surface area contributed by atoms with Gasteiger partial charge >= 0.3 is 0 Å². The Kier molecular flexibility index (Phi) is 4.83. The van der Waals surface area contributed by atoms with Gasteiger partial charge in [0.2, 0.25) is 0 Å². The summed E-state index contributed by atoms with van der Waals surface area (Å²) in [4.78, 5) is 0. The van der Waals surface area contributed by atoms with Gasteiger partial charge in [-0.15, -0.1) is 0 Å². The molecule has 4 heteroatoms. The van der Waals surface area contributed by atoms with Crippen LogP contribution >= 0.6 is 23.2 Å². The lowest BCUT2D eigenvalue weighted by Crippen LogP contribution is -2.28. The van der Waals surface area contributed by atoms with Crippen molar-refractivity contribution in [1.82, 2.24) is 0 Å².